The summed E-state index contributed by atoms with van der Waals surface area (Å²) < 4.78 is 0. The maximum Gasteiger partial charge on any atom is 0.237 e. The standard InChI is InChI=1S/C11H20N2O/c1-8(2)11(4,5)7-13-10(14)9(3)6-12/h8-9H,7H2,1-5H3,(H,13,14). The van der Waals surface area contributed by atoms with Crippen LogP contribution in [0, 0.1) is 28.6 Å². The van der Waals surface area contributed by atoms with Crippen LogP contribution < -0.4 is 5.32 Å². The van der Waals surface area contributed by atoms with Crippen molar-refractivity contribution in [3.05, 3.63) is 0 Å². The van der Waals surface area contributed by atoms with Crippen LogP contribution in [0.4, 0.5) is 0 Å². The van der Waals surface area contributed by atoms with Gasteiger partial charge in [-0.25, -0.2) is 0 Å². The zero-order chi connectivity index (χ0) is 11.4. The summed E-state index contributed by atoms with van der Waals surface area (Å²) in [7, 11) is 0. The van der Waals surface area contributed by atoms with Crippen molar-refractivity contribution in [2.45, 2.75) is 34.6 Å². The maximum atomic E-state index is 11.3. The lowest BCUT2D eigenvalue weighted by molar-refractivity contribution is -0.123. The molecular weight excluding hydrogens is 176 g/mol. The summed E-state index contributed by atoms with van der Waals surface area (Å²) in [6, 6.07) is 1.92. The molecule has 0 aromatic rings. The molecule has 0 saturated carbocycles. The van der Waals surface area contributed by atoms with Crippen LogP contribution in [0.2, 0.25) is 0 Å². The van der Waals surface area contributed by atoms with Gasteiger partial charge in [0, 0.05) is 6.54 Å². The predicted octanol–water partition coefficient (Wildman–Crippen LogP) is 1.94. The average molecular weight is 196 g/mol. The fraction of sp³-hybridized carbons (Fsp3) is 0.818. The lowest BCUT2D eigenvalue weighted by atomic mass is 9.81. The molecule has 0 aromatic heterocycles. The Morgan fingerprint density at radius 2 is 1.93 bits per heavy atom. The number of amides is 1. The van der Waals surface area contributed by atoms with E-state index in [0.717, 1.165) is 0 Å². The van der Waals surface area contributed by atoms with Crippen LogP contribution in [-0.4, -0.2) is 12.5 Å². The molecule has 1 unspecified atom stereocenters. The summed E-state index contributed by atoms with van der Waals surface area (Å²) >= 11 is 0. The molecule has 0 saturated heterocycles. The predicted molar refractivity (Wildman–Crippen MR) is 56.4 cm³/mol. The quantitative estimate of drug-likeness (QED) is 0.747. The topological polar surface area (TPSA) is 52.9 Å². The smallest absolute Gasteiger partial charge is 0.237 e. The van der Waals surface area contributed by atoms with Gasteiger partial charge in [0.05, 0.1) is 6.07 Å². The van der Waals surface area contributed by atoms with Gasteiger partial charge in [-0.3, -0.25) is 4.79 Å². The Balaban J connectivity index is 4.08. The van der Waals surface area contributed by atoms with Gasteiger partial charge in [-0.2, -0.15) is 5.26 Å². The highest BCUT2D eigenvalue weighted by molar-refractivity contribution is 5.80. The minimum Gasteiger partial charge on any atom is -0.354 e. The van der Waals surface area contributed by atoms with Crippen molar-refractivity contribution in [1.82, 2.24) is 5.32 Å². The lowest BCUT2D eigenvalue weighted by Gasteiger charge is -2.29. The fourth-order valence-electron chi connectivity index (χ4n) is 0.731. The Bertz CT molecular complexity index is 238. The molecule has 1 amide bonds. The Morgan fingerprint density at radius 1 is 1.43 bits per heavy atom. The van der Waals surface area contributed by atoms with Gasteiger partial charge in [-0.15, -0.1) is 0 Å². The number of hydrogen-bond acceptors (Lipinski definition) is 2. The van der Waals surface area contributed by atoms with E-state index in [9.17, 15) is 4.79 Å². The minimum atomic E-state index is -0.557. The second-order valence-corrected chi connectivity index (χ2v) is 4.71. The Kier molecular flexibility index (Phi) is 4.62. The highest BCUT2D eigenvalue weighted by Crippen LogP contribution is 2.24. The molecule has 0 aliphatic rings. The molecule has 1 N–H and O–H groups in total. The number of hydrogen-bond donors (Lipinski definition) is 1. The molecule has 0 aliphatic carbocycles. The second-order valence-electron chi connectivity index (χ2n) is 4.71. The number of nitrogens with zero attached hydrogens (tertiary/aromatic N) is 1. The normalized spacial score (nSPS) is 13.5. The van der Waals surface area contributed by atoms with Gasteiger partial charge in [0.25, 0.3) is 0 Å². The number of carbonyl (C=O) groups is 1. The number of carbonyl (C=O) groups excluding carboxylic acids is 1. The molecule has 0 radical (unpaired) electrons. The maximum absolute atomic E-state index is 11.3. The zero-order valence-electron chi connectivity index (χ0n) is 9.72. The summed E-state index contributed by atoms with van der Waals surface area (Å²) in [5.41, 5.74) is 0.0742. The molecule has 3 nitrogen and oxygen atoms in total. The monoisotopic (exact) mass is 196 g/mol. The minimum absolute atomic E-state index is 0.0742. The van der Waals surface area contributed by atoms with Gasteiger partial charge in [0.1, 0.15) is 5.92 Å². The second kappa shape index (κ2) is 4.99. The van der Waals surface area contributed by atoms with Crippen LogP contribution in [0.5, 0.6) is 0 Å². The molecule has 0 rings (SSSR count). The van der Waals surface area contributed by atoms with E-state index in [1.54, 1.807) is 6.92 Å². The summed E-state index contributed by atoms with van der Waals surface area (Å²) in [6.07, 6.45) is 0. The first-order chi connectivity index (χ1) is 6.31. The third kappa shape index (κ3) is 3.78. The third-order valence-electron chi connectivity index (χ3n) is 2.87. The van der Waals surface area contributed by atoms with E-state index in [1.807, 2.05) is 6.07 Å². The largest absolute Gasteiger partial charge is 0.354 e. The summed E-state index contributed by atoms with van der Waals surface area (Å²) in [5.74, 6) is -0.237. The van der Waals surface area contributed by atoms with Crippen molar-refractivity contribution in [3.63, 3.8) is 0 Å². The molecule has 0 aliphatic heterocycles. The van der Waals surface area contributed by atoms with Crippen molar-refractivity contribution < 1.29 is 4.79 Å². The molecule has 0 fully saturated rings. The van der Waals surface area contributed by atoms with Crippen LogP contribution in [0.25, 0.3) is 0 Å². The first kappa shape index (κ1) is 13.0. The first-order valence-electron chi connectivity index (χ1n) is 4.98. The Morgan fingerprint density at radius 3 is 2.29 bits per heavy atom. The Hall–Kier alpha value is -1.04. The van der Waals surface area contributed by atoms with E-state index in [-0.39, 0.29) is 11.3 Å². The highest BCUT2D eigenvalue weighted by Gasteiger charge is 2.23. The van der Waals surface area contributed by atoms with Crippen molar-refractivity contribution in [3.8, 4) is 6.07 Å². The molecular formula is C11H20N2O. The molecule has 1 atom stereocenters. The van der Waals surface area contributed by atoms with E-state index >= 15 is 0 Å². The van der Waals surface area contributed by atoms with Crippen molar-refractivity contribution in [2.75, 3.05) is 6.54 Å². The zero-order valence-corrected chi connectivity index (χ0v) is 9.72. The number of nitrogens with one attached hydrogen (secondary N) is 1. The van der Waals surface area contributed by atoms with Gasteiger partial charge in [-0.1, -0.05) is 27.7 Å². The molecule has 0 heterocycles. The van der Waals surface area contributed by atoms with Crippen LogP contribution in [0.15, 0.2) is 0 Å². The van der Waals surface area contributed by atoms with Crippen LogP contribution >= 0.6 is 0 Å². The van der Waals surface area contributed by atoms with Gasteiger partial charge >= 0.3 is 0 Å². The first-order valence-corrected chi connectivity index (χ1v) is 4.98. The summed E-state index contributed by atoms with van der Waals surface area (Å²) in [5, 5.41) is 11.3. The van der Waals surface area contributed by atoms with Crippen molar-refractivity contribution in [2.24, 2.45) is 17.3 Å². The van der Waals surface area contributed by atoms with E-state index in [4.69, 9.17) is 5.26 Å². The fourth-order valence-corrected chi connectivity index (χ4v) is 0.731. The molecule has 14 heavy (non-hydrogen) atoms. The number of rotatable bonds is 4. The molecule has 80 valence electrons. The van der Waals surface area contributed by atoms with Crippen molar-refractivity contribution >= 4 is 5.91 Å². The highest BCUT2D eigenvalue weighted by atomic mass is 16.1. The lowest BCUT2D eigenvalue weighted by Crippen LogP contribution is -2.39. The van der Waals surface area contributed by atoms with Crippen LogP contribution in [0.1, 0.15) is 34.6 Å². The van der Waals surface area contributed by atoms with E-state index < -0.39 is 5.92 Å². The van der Waals surface area contributed by atoms with Gasteiger partial charge in [-0.05, 0) is 18.3 Å². The summed E-state index contributed by atoms with van der Waals surface area (Å²) in [6.45, 7) is 10.7. The number of nitriles is 1. The SMILES string of the molecule is CC(C#N)C(=O)NCC(C)(C)C(C)C. The van der Waals surface area contributed by atoms with Crippen LogP contribution in [0.3, 0.4) is 0 Å². The van der Waals surface area contributed by atoms with E-state index in [2.05, 4.69) is 33.0 Å². The summed E-state index contributed by atoms with van der Waals surface area (Å²) in [4.78, 5) is 11.3. The Labute approximate surface area is 86.5 Å². The molecule has 3 heteroatoms. The third-order valence-corrected chi connectivity index (χ3v) is 2.87. The van der Waals surface area contributed by atoms with E-state index in [0.29, 0.717) is 12.5 Å². The van der Waals surface area contributed by atoms with Crippen LogP contribution in [-0.2, 0) is 4.79 Å². The molecule has 0 bridgehead atoms. The van der Waals surface area contributed by atoms with Crippen molar-refractivity contribution in [1.29, 1.82) is 5.26 Å². The van der Waals surface area contributed by atoms with Gasteiger partial charge in [0.15, 0.2) is 0 Å². The average Bonchev–Trinajstić information content (AvgIpc) is 2.12. The van der Waals surface area contributed by atoms with E-state index in [1.165, 1.54) is 0 Å². The van der Waals surface area contributed by atoms with Gasteiger partial charge in [0.2, 0.25) is 5.91 Å². The van der Waals surface area contributed by atoms with Gasteiger partial charge < -0.3 is 5.32 Å². The molecule has 0 aromatic carbocycles. The molecule has 0 spiro atoms.